The Kier molecular flexibility index (Phi) is 7.31. The summed E-state index contributed by atoms with van der Waals surface area (Å²) in [5.41, 5.74) is 0. The first-order valence-corrected chi connectivity index (χ1v) is 6.41. The first kappa shape index (κ1) is 17.0. The molecule has 1 rings (SSSR count). The minimum atomic E-state index is -0.854. The molecule has 1 aromatic carbocycles. The van der Waals surface area contributed by atoms with Gasteiger partial charge in [0, 0.05) is 24.8 Å². The second kappa shape index (κ2) is 9.02. The number of carbonyl (C=O) groups is 2. The molecule has 0 radical (unpaired) electrons. The van der Waals surface area contributed by atoms with Crippen LogP contribution >= 0.6 is 0 Å². The van der Waals surface area contributed by atoms with Gasteiger partial charge in [-0.2, -0.15) is 0 Å². The Labute approximate surface area is 120 Å². The highest BCUT2D eigenvalue weighted by Gasteiger charge is 2.11. The molecule has 0 N–H and O–H groups in total. The first-order valence-electron chi connectivity index (χ1n) is 6.41. The number of rotatable bonds is 8. The van der Waals surface area contributed by atoms with Crippen LogP contribution in [0.25, 0.3) is 0 Å². The quantitative estimate of drug-likeness (QED) is 0.418. The third kappa shape index (κ3) is 7.36. The molecule has 0 atom stereocenters. The van der Waals surface area contributed by atoms with Gasteiger partial charge in [0.05, 0.1) is 19.4 Å². The number of esters is 2. The molecular weight excluding hydrogens is 286 g/mol. The first-order chi connectivity index (χ1) is 10.0. The van der Waals surface area contributed by atoms with Crippen molar-refractivity contribution in [2.75, 3.05) is 19.8 Å². The monoisotopic (exact) mass is 302 g/mol. The summed E-state index contributed by atoms with van der Waals surface area (Å²) in [6.07, 6.45) is -0.422. The van der Waals surface area contributed by atoms with Crippen LogP contribution in [-0.2, 0) is 19.1 Å². The smallest absolute Gasteiger partial charge is 0.311 e. The lowest BCUT2D eigenvalue weighted by Crippen LogP contribution is -2.14. The third-order valence-corrected chi connectivity index (χ3v) is 2.30. The van der Waals surface area contributed by atoms with Gasteiger partial charge in [-0.05, 0) is 6.92 Å². The zero-order valence-corrected chi connectivity index (χ0v) is 11.6. The van der Waals surface area contributed by atoms with Crippen LogP contribution in [0.15, 0.2) is 18.2 Å². The SMILES string of the molecule is CCOCCOC(=O)CCC(=O)Oc1cc(F)cc(F)c1. The number of benzene rings is 1. The van der Waals surface area contributed by atoms with E-state index in [-0.39, 0.29) is 31.8 Å². The molecule has 0 fully saturated rings. The summed E-state index contributed by atoms with van der Waals surface area (Å²) < 4.78 is 40.2. The molecular formula is C14H16F2O5. The molecule has 0 aliphatic carbocycles. The molecule has 21 heavy (non-hydrogen) atoms. The van der Waals surface area contributed by atoms with Crippen molar-refractivity contribution in [1.82, 2.24) is 0 Å². The van der Waals surface area contributed by atoms with E-state index >= 15 is 0 Å². The van der Waals surface area contributed by atoms with Gasteiger partial charge in [-0.15, -0.1) is 0 Å². The zero-order chi connectivity index (χ0) is 15.7. The molecule has 5 nitrogen and oxygen atoms in total. The van der Waals surface area contributed by atoms with Crippen molar-refractivity contribution in [3.63, 3.8) is 0 Å². The Balaban J connectivity index is 2.29. The van der Waals surface area contributed by atoms with Gasteiger partial charge in [0.2, 0.25) is 0 Å². The molecule has 0 spiro atoms. The third-order valence-electron chi connectivity index (χ3n) is 2.30. The average molecular weight is 302 g/mol. The van der Waals surface area contributed by atoms with Gasteiger partial charge >= 0.3 is 11.9 Å². The lowest BCUT2D eigenvalue weighted by molar-refractivity contribution is -0.148. The molecule has 0 unspecified atom stereocenters. The fraction of sp³-hybridized carbons (Fsp3) is 0.429. The van der Waals surface area contributed by atoms with Gasteiger partial charge < -0.3 is 14.2 Å². The van der Waals surface area contributed by atoms with Gasteiger partial charge in [-0.1, -0.05) is 0 Å². The molecule has 7 heteroatoms. The van der Waals surface area contributed by atoms with E-state index in [0.29, 0.717) is 12.7 Å². The highest BCUT2D eigenvalue weighted by atomic mass is 19.1. The summed E-state index contributed by atoms with van der Waals surface area (Å²) in [5.74, 6) is -3.30. The van der Waals surface area contributed by atoms with Crippen molar-refractivity contribution < 1.29 is 32.6 Å². The summed E-state index contributed by atoms with van der Waals surface area (Å²) >= 11 is 0. The van der Waals surface area contributed by atoms with Crippen molar-refractivity contribution in [2.24, 2.45) is 0 Å². The van der Waals surface area contributed by atoms with Gasteiger partial charge in [0.15, 0.2) is 0 Å². The fourth-order valence-electron chi connectivity index (χ4n) is 1.40. The van der Waals surface area contributed by atoms with Crippen LogP contribution in [0, 0.1) is 11.6 Å². The topological polar surface area (TPSA) is 61.8 Å². The standard InChI is InChI=1S/C14H16F2O5/c1-2-19-5-6-20-13(17)3-4-14(18)21-12-8-10(15)7-11(16)9-12/h7-9H,2-6H2,1H3. The molecule has 0 aliphatic rings. The van der Waals surface area contributed by atoms with Crippen LogP contribution in [0.5, 0.6) is 5.75 Å². The molecule has 0 bridgehead atoms. The van der Waals surface area contributed by atoms with Gasteiger partial charge in [0.25, 0.3) is 0 Å². The Morgan fingerprint density at radius 1 is 1.00 bits per heavy atom. The molecule has 0 saturated heterocycles. The Morgan fingerprint density at radius 3 is 2.24 bits per heavy atom. The number of hydrogen-bond acceptors (Lipinski definition) is 5. The van der Waals surface area contributed by atoms with Crippen LogP contribution in [0.2, 0.25) is 0 Å². The van der Waals surface area contributed by atoms with E-state index in [1.807, 2.05) is 6.92 Å². The summed E-state index contributed by atoms with van der Waals surface area (Å²) in [6.45, 7) is 2.73. The average Bonchev–Trinajstić information content (AvgIpc) is 2.40. The van der Waals surface area contributed by atoms with Crippen LogP contribution in [0.1, 0.15) is 19.8 Å². The van der Waals surface area contributed by atoms with E-state index in [1.54, 1.807) is 0 Å². The zero-order valence-electron chi connectivity index (χ0n) is 11.6. The number of hydrogen-bond donors (Lipinski definition) is 0. The molecule has 0 aromatic heterocycles. The highest BCUT2D eigenvalue weighted by molar-refractivity contribution is 5.78. The van der Waals surface area contributed by atoms with Crippen molar-refractivity contribution in [3.8, 4) is 5.75 Å². The molecule has 116 valence electrons. The summed E-state index contributed by atoms with van der Waals surface area (Å²) in [7, 11) is 0. The minimum absolute atomic E-state index is 0.108. The number of carbonyl (C=O) groups excluding carboxylic acids is 2. The van der Waals surface area contributed by atoms with Crippen molar-refractivity contribution in [2.45, 2.75) is 19.8 Å². The van der Waals surface area contributed by atoms with Crippen LogP contribution in [-0.4, -0.2) is 31.8 Å². The van der Waals surface area contributed by atoms with E-state index in [9.17, 15) is 18.4 Å². The summed E-state index contributed by atoms with van der Waals surface area (Å²) in [5, 5.41) is 0. The molecule has 0 aliphatic heterocycles. The van der Waals surface area contributed by atoms with E-state index in [0.717, 1.165) is 12.1 Å². The summed E-state index contributed by atoms with van der Waals surface area (Å²) in [4.78, 5) is 22.7. The van der Waals surface area contributed by atoms with Crippen LogP contribution in [0.3, 0.4) is 0 Å². The van der Waals surface area contributed by atoms with Crippen LogP contribution in [0.4, 0.5) is 8.78 Å². The highest BCUT2D eigenvalue weighted by Crippen LogP contribution is 2.16. The van der Waals surface area contributed by atoms with E-state index in [2.05, 4.69) is 0 Å². The minimum Gasteiger partial charge on any atom is -0.463 e. The van der Waals surface area contributed by atoms with E-state index in [1.165, 1.54) is 0 Å². The van der Waals surface area contributed by atoms with Gasteiger partial charge in [-0.25, -0.2) is 8.78 Å². The number of ether oxygens (including phenoxy) is 3. The van der Waals surface area contributed by atoms with Crippen molar-refractivity contribution in [1.29, 1.82) is 0 Å². The second-order valence-electron chi connectivity index (χ2n) is 4.00. The maximum atomic E-state index is 12.9. The largest absolute Gasteiger partial charge is 0.463 e. The fourth-order valence-corrected chi connectivity index (χ4v) is 1.40. The maximum absolute atomic E-state index is 12.9. The van der Waals surface area contributed by atoms with Crippen LogP contribution < -0.4 is 4.74 Å². The Morgan fingerprint density at radius 2 is 1.62 bits per heavy atom. The molecule has 0 saturated carbocycles. The Hall–Kier alpha value is -2.02. The lowest BCUT2D eigenvalue weighted by Gasteiger charge is -2.06. The Bertz CT molecular complexity index is 470. The normalized spacial score (nSPS) is 10.2. The van der Waals surface area contributed by atoms with E-state index in [4.69, 9.17) is 14.2 Å². The predicted molar refractivity (Wildman–Crippen MR) is 68.7 cm³/mol. The van der Waals surface area contributed by atoms with Crippen molar-refractivity contribution >= 4 is 11.9 Å². The van der Waals surface area contributed by atoms with Crippen molar-refractivity contribution in [3.05, 3.63) is 29.8 Å². The summed E-state index contributed by atoms with van der Waals surface area (Å²) in [6, 6.07) is 2.41. The number of halogens is 2. The molecule has 1 aromatic rings. The van der Waals surface area contributed by atoms with Gasteiger partial charge in [-0.3, -0.25) is 9.59 Å². The van der Waals surface area contributed by atoms with Gasteiger partial charge in [0.1, 0.15) is 24.0 Å². The molecule has 0 amide bonds. The molecule has 0 heterocycles. The van der Waals surface area contributed by atoms with E-state index < -0.39 is 23.6 Å². The second-order valence-corrected chi connectivity index (χ2v) is 4.00. The maximum Gasteiger partial charge on any atom is 0.311 e. The predicted octanol–water partition coefficient (Wildman–Crippen LogP) is 2.23. The lowest BCUT2D eigenvalue weighted by atomic mass is 10.3.